The fourth-order valence-electron chi connectivity index (χ4n) is 2.51. The molecule has 1 heterocycles. The van der Waals surface area contributed by atoms with E-state index in [0.717, 1.165) is 37.2 Å². The molecular weight excluding hydrogens is 240 g/mol. The maximum absolute atomic E-state index is 12.0. The molecule has 0 aliphatic carbocycles. The monoisotopic (exact) mass is 262 g/mol. The predicted octanol–water partition coefficient (Wildman–Crippen LogP) is 3.16. The van der Waals surface area contributed by atoms with E-state index in [1.54, 1.807) is 7.11 Å². The average molecular weight is 262 g/mol. The van der Waals surface area contributed by atoms with Gasteiger partial charge in [-0.1, -0.05) is 18.2 Å². The molecule has 1 fully saturated rings. The minimum absolute atomic E-state index is 0.263. The van der Waals surface area contributed by atoms with Gasteiger partial charge in [-0.3, -0.25) is 4.79 Å². The van der Waals surface area contributed by atoms with Crippen molar-refractivity contribution in [3.63, 3.8) is 0 Å². The zero-order valence-corrected chi connectivity index (χ0v) is 11.6. The number of carbonyl (C=O) groups excluding carboxylic acids is 1. The number of ketones is 1. The molecular formula is C16H22O3. The van der Waals surface area contributed by atoms with E-state index in [0.29, 0.717) is 12.8 Å². The standard InChI is InChI=1S/C16H22O3/c1-18-16-8-3-2-6-13(16)12-14(17)9-10-15-7-4-5-11-19-15/h2-3,6,8,15H,4-5,7,9-12H2,1H3. The smallest absolute Gasteiger partial charge is 0.137 e. The molecule has 1 aromatic rings. The van der Waals surface area contributed by atoms with Gasteiger partial charge in [-0.05, 0) is 31.7 Å². The summed E-state index contributed by atoms with van der Waals surface area (Å²) in [5.41, 5.74) is 0.972. The second-order valence-electron chi connectivity index (χ2n) is 5.05. The highest BCUT2D eigenvalue weighted by molar-refractivity contribution is 5.81. The number of para-hydroxylation sites is 1. The fourth-order valence-corrected chi connectivity index (χ4v) is 2.51. The van der Waals surface area contributed by atoms with Crippen LogP contribution >= 0.6 is 0 Å². The molecule has 1 unspecified atom stereocenters. The molecule has 0 bridgehead atoms. The Balaban J connectivity index is 1.80. The lowest BCUT2D eigenvalue weighted by atomic mass is 10.00. The first kappa shape index (κ1) is 14.1. The highest BCUT2D eigenvalue weighted by Gasteiger charge is 2.16. The highest BCUT2D eigenvalue weighted by atomic mass is 16.5. The van der Waals surface area contributed by atoms with Crippen LogP contribution in [0.25, 0.3) is 0 Å². The molecule has 19 heavy (non-hydrogen) atoms. The van der Waals surface area contributed by atoms with E-state index in [1.807, 2.05) is 24.3 Å². The number of hydrogen-bond donors (Lipinski definition) is 0. The molecule has 1 atom stereocenters. The third kappa shape index (κ3) is 4.35. The SMILES string of the molecule is COc1ccccc1CC(=O)CCC1CCCCO1. The van der Waals surface area contributed by atoms with Gasteiger partial charge in [-0.2, -0.15) is 0 Å². The molecule has 0 spiro atoms. The molecule has 1 aromatic carbocycles. The second-order valence-corrected chi connectivity index (χ2v) is 5.05. The van der Waals surface area contributed by atoms with Crippen molar-refractivity contribution in [1.29, 1.82) is 0 Å². The van der Waals surface area contributed by atoms with Gasteiger partial charge in [0.15, 0.2) is 0 Å². The Morgan fingerprint density at radius 3 is 2.95 bits per heavy atom. The molecule has 1 aliphatic heterocycles. The maximum atomic E-state index is 12.0. The van der Waals surface area contributed by atoms with Gasteiger partial charge in [0, 0.05) is 25.0 Å². The summed E-state index contributed by atoms with van der Waals surface area (Å²) in [6, 6.07) is 7.71. The van der Waals surface area contributed by atoms with Crippen molar-refractivity contribution in [2.24, 2.45) is 0 Å². The van der Waals surface area contributed by atoms with Gasteiger partial charge in [0.1, 0.15) is 11.5 Å². The Morgan fingerprint density at radius 2 is 2.21 bits per heavy atom. The first-order valence-corrected chi connectivity index (χ1v) is 7.05. The molecule has 1 aliphatic rings. The van der Waals surface area contributed by atoms with Crippen LogP contribution in [0.3, 0.4) is 0 Å². The molecule has 0 amide bonds. The lowest BCUT2D eigenvalue weighted by Crippen LogP contribution is -2.20. The summed E-state index contributed by atoms with van der Waals surface area (Å²) >= 11 is 0. The molecule has 2 rings (SSSR count). The molecule has 0 aromatic heterocycles. The van der Waals surface area contributed by atoms with E-state index >= 15 is 0 Å². The Morgan fingerprint density at radius 1 is 1.37 bits per heavy atom. The van der Waals surface area contributed by atoms with E-state index in [1.165, 1.54) is 6.42 Å². The molecule has 0 radical (unpaired) electrons. The van der Waals surface area contributed by atoms with Gasteiger partial charge < -0.3 is 9.47 Å². The number of carbonyl (C=O) groups is 1. The van der Waals surface area contributed by atoms with Crippen LogP contribution in [0.4, 0.5) is 0 Å². The van der Waals surface area contributed by atoms with Crippen molar-refractivity contribution in [3.05, 3.63) is 29.8 Å². The minimum atomic E-state index is 0.263. The topological polar surface area (TPSA) is 35.5 Å². The van der Waals surface area contributed by atoms with Crippen LogP contribution in [-0.2, 0) is 16.0 Å². The Hall–Kier alpha value is -1.35. The number of ether oxygens (including phenoxy) is 2. The van der Waals surface area contributed by atoms with Gasteiger partial charge in [0.05, 0.1) is 13.2 Å². The first-order chi connectivity index (χ1) is 9.29. The van der Waals surface area contributed by atoms with E-state index in [2.05, 4.69) is 0 Å². The van der Waals surface area contributed by atoms with Crippen molar-refractivity contribution in [1.82, 2.24) is 0 Å². The highest BCUT2D eigenvalue weighted by Crippen LogP contribution is 2.20. The lowest BCUT2D eigenvalue weighted by molar-refractivity contribution is -0.119. The van der Waals surface area contributed by atoms with Crippen molar-refractivity contribution in [3.8, 4) is 5.75 Å². The number of rotatable bonds is 6. The van der Waals surface area contributed by atoms with Gasteiger partial charge in [-0.25, -0.2) is 0 Å². The lowest BCUT2D eigenvalue weighted by Gasteiger charge is -2.22. The summed E-state index contributed by atoms with van der Waals surface area (Å²) in [7, 11) is 1.64. The van der Waals surface area contributed by atoms with Crippen LogP contribution < -0.4 is 4.74 Å². The zero-order valence-electron chi connectivity index (χ0n) is 11.6. The van der Waals surface area contributed by atoms with E-state index < -0.39 is 0 Å². The molecule has 0 saturated carbocycles. The van der Waals surface area contributed by atoms with Crippen LogP contribution in [0.15, 0.2) is 24.3 Å². The number of methoxy groups -OCH3 is 1. The number of benzene rings is 1. The zero-order chi connectivity index (χ0) is 13.5. The summed E-state index contributed by atoms with van der Waals surface area (Å²) in [5, 5.41) is 0. The van der Waals surface area contributed by atoms with Crippen LogP contribution in [-0.4, -0.2) is 25.6 Å². The third-order valence-corrected chi connectivity index (χ3v) is 3.60. The van der Waals surface area contributed by atoms with Crippen molar-refractivity contribution >= 4 is 5.78 Å². The van der Waals surface area contributed by atoms with Crippen LogP contribution in [0, 0.1) is 0 Å². The van der Waals surface area contributed by atoms with Crippen molar-refractivity contribution in [2.45, 2.75) is 44.6 Å². The Kier molecular flexibility index (Phi) is 5.40. The summed E-state index contributed by atoms with van der Waals surface area (Å²) in [4.78, 5) is 12.0. The quantitative estimate of drug-likeness (QED) is 0.790. The Bertz CT molecular complexity index is 408. The van der Waals surface area contributed by atoms with Gasteiger partial charge >= 0.3 is 0 Å². The summed E-state index contributed by atoms with van der Waals surface area (Å²) < 4.78 is 10.9. The molecule has 104 valence electrons. The average Bonchev–Trinajstić information content (AvgIpc) is 2.47. The van der Waals surface area contributed by atoms with Gasteiger partial charge in [0.2, 0.25) is 0 Å². The largest absolute Gasteiger partial charge is 0.496 e. The summed E-state index contributed by atoms with van der Waals surface area (Å²) in [5.74, 6) is 1.06. The number of hydrogen-bond acceptors (Lipinski definition) is 3. The van der Waals surface area contributed by atoms with E-state index in [-0.39, 0.29) is 11.9 Å². The fraction of sp³-hybridized carbons (Fsp3) is 0.562. The van der Waals surface area contributed by atoms with Crippen molar-refractivity contribution < 1.29 is 14.3 Å². The summed E-state index contributed by atoms with van der Waals surface area (Å²) in [6.07, 6.45) is 5.68. The second kappa shape index (κ2) is 7.29. The number of Topliss-reactive ketones (excluding diaryl/α,β-unsaturated/α-hetero) is 1. The molecule has 3 heteroatoms. The van der Waals surface area contributed by atoms with Crippen molar-refractivity contribution in [2.75, 3.05) is 13.7 Å². The maximum Gasteiger partial charge on any atom is 0.137 e. The van der Waals surface area contributed by atoms with Gasteiger partial charge in [0.25, 0.3) is 0 Å². The summed E-state index contributed by atoms with van der Waals surface area (Å²) in [6.45, 7) is 0.853. The molecule has 3 nitrogen and oxygen atoms in total. The van der Waals surface area contributed by atoms with Crippen LogP contribution in [0.2, 0.25) is 0 Å². The van der Waals surface area contributed by atoms with Gasteiger partial charge in [-0.15, -0.1) is 0 Å². The molecule has 0 N–H and O–H groups in total. The minimum Gasteiger partial charge on any atom is -0.496 e. The van der Waals surface area contributed by atoms with Crippen LogP contribution in [0.5, 0.6) is 5.75 Å². The third-order valence-electron chi connectivity index (χ3n) is 3.60. The van der Waals surface area contributed by atoms with Crippen LogP contribution in [0.1, 0.15) is 37.7 Å². The van der Waals surface area contributed by atoms with E-state index in [9.17, 15) is 4.79 Å². The molecule has 1 saturated heterocycles. The van der Waals surface area contributed by atoms with E-state index in [4.69, 9.17) is 9.47 Å². The Labute approximate surface area is 114 Å². The normalized spacial score (nSPS) is 19.1. The predicted molar refractivity (Wildman–Crippen MR) is 74.5 cm³/mol. The first-order valence-electron chi connectivity index (χ1n) is 7.05.